The van der Waals surface area contributed by atoms with Gasteiger partial charge in [0, 0.05) is 5.56 Å². The van der Waals surface area contributed by atoms with Crippen LogP contribution in [0.5, 0.6) is 11.5 Å². The van der Waals surface area contributed by atoms with E-state index in [-0.39, 0.29) is 5.97 Å². The molecule has 1 aliphatic heterocycles. The summed E-state index contributed by atoms with van der Waals surface area (Å²) >= 11 is 0. The van der Waals surface area contributed by atoms with Crippen molar-refractivity contribution < 1.29 is 19.0 Å². The Balaban J connectivity index is 1.99. The van der Waals surface area contributed by atoms with Crippen molar-refractivity contribution in [3.05, 3.63) is 71.7 Å². The molecule has 0 N–H and O–H groups in total. The highest BCUT2D eigenvalue weighted by atomic mass is 16.6. The molecule has 0 amide bonds. The molecule has 2 aromatic rings. The first-order chi connectivity index (χ1) is 12.7. The fraction of sp³-hybridized carbons (Fsp3) is 0.348. The maximum Gasteiger partial charge on any atom is 0.316 e. The Hall–Kier alpha value is -2.75. The molecule has 0 aromatic heterocycles. The quantitative estimate of drug-likeness (QED) is 0.713. The summed E-state index contributed by atoms with van der Waals surface area (Å²) in [5.41, 5.74) is 0.996. The van der Waals surface area contributed by atoms with Crippen molar-refractivity contribution in [2.45, 2.75) is 39.5 Å². The zero-order valence-electron chi connectivity index (χ0n) is 16.5. The molecule has 0 fully saturated rings. The van der Waals surface area contributed by atoms with Gasteiger partial charge in [-0.2, -0.15) is 0 Å². The van der Waals surface area contributed by atoms with Gasteiger partial charge in [0.15, 0.2) is 5.76 Å². The van der Waals surface area contributed by atoms with Crippen molar-refractivity contribution in [1.29, 1.82) is 0 Å². The van der Waals surface area contributed by atoms with E-state index in [0.29, 0.717) is 12.2 Å². The van der Waals surface area contributed by atoms with E-state index in [1.807, 2.05) is 69.3 Å². The van der Waals surface area contributed by atoms with Crippen LogP contribution in [0.2, 0.25) is 0 Å². The highest BCUT2D eigenvalue weighted by molar-refractivity contribution is 5.77. The van der Waals surface area contributed by atoms with E-state index < -0.39 is 10.8 Å². The predicted molar refractivity (Wildman–Crippen MR) is 105 cm³/mol. The van der Waals surface area contributed by atoms with Gasteiger partial charge in [-0.25, -0.2) is 0 Å². The standard InChI is InChI=1S/C23H26O4/c1-22(2,3)21(24)27-20-15-26-19-9-7-6-8-18(19)23(20,4)14-16-10-12-17(25-5)13-11-16/h6-13,15H,14H2,1-5H3/t23-/m0/s1. The fourth-order valence-electron chi connectivity index (χ4n) is 3.13. The van der Waals surface area contributed by atoms with E-state index in [1.54, 1.807) is 13.4 Å². The lowest BCUT2D eigenvalue weighted by Gasteiger charge is -2.36. The number of benzene rings is 2. The van der Waals surface area contributed by atoms with Crippen LogP contribution in [0.1, 0.15) is 38.8 Å². The van der Waals surface area contributed by atoms with Crippen LogP contribution in [0.25, 0.3) is 0 Å². The maximum atomic E-state index is 12.5. The Labute approximate surface area is 160 Å². The molecule has 0 spiro atoms. The van der Waals surface area contributed by atoms with Crippen LogP contribution < -0.4 is 9.47 Å². The highest BCUT2D eigenvalue weighted by Crippen LogP contribution is 2.44. The van der Waals surface area contributed by atoms with Crippen molar-refractivity contribution in [1.82, 2.24) is 0 Å². The van der Waals surface area contributed by atoms with E-state index in [2.05, 4.69) is 6.92 Å². The number of carbonyl (C=O) groups is 1. The van der Waals surface area contributed by atoms with Gasteiger partial charge >= 0.3 is 5.97 Å². The first kappa shape index (κ1) is 19.0. The largest absolute Gasteiger partial charge is 0.497 e. The van der Waals surface area contributed by atoms with Crippen LogP contribution >= 0.6 is 0 Å². The van der Waals surface area contributed by atoms with E-state index in [0.717, 1.165) is 22.6 Å². The summed E-state index contributed by atoms with van der Waals surface area (Å²) in [6, 6.07) is 15.8. The molecule has 2 aromatic carbocycles. The SMILES string of the molecule is COc1ccc(C[C@]2(C)C(OC(=O)C(C)(C)C)=COc3ccccc32)cc1. The van der Waals surface area contributed by atoms with Gasteiger partial charge in [-0.15, -0.1) is 0 Å². The van der Waals surface area contributed by atoms with Crippen LogP contribution in [-0.4, -0.2) is 13.1 Å². The lowest BCUT2D eigenvalue weighted by atomic mass is 9.74. The molecule has 0 bridgehead atoms. The Morgan fingerprint density at radius 1 is 1.07 bits per heavy atom. The average Bonchev–Trinajstić information content (AvgIpc) is 2.64. The number of rotatable bonds is 4. The van der Waals surface area contributed by atoms with Gasteiger partial charge < -0.3 is 14.2 Å². The summed E-state index contributed by atoms with van der Waals surface area (Å²) in [6.07, 6.45) is 2.23. The van der Waals surface area contributed by atoms with Crippen molar-refractivity contribution in [3.63, 3.8) is 0 Å². The van der Waals surface area contributed by atoms with Crippen molar-refractivity contribution >= 4 is 5.97 Å². The number of ether oxygens (including phenoxy) is 3. The molecule has 1 atom stereocenters. The van der Waals surface area contributed by atoms with Gasteiger partial charge in [0.1, 0.15) is 17.8 Å². The molecule has 4 heteroatoms. The number of carbonyl (C=O) groups excluding carboxylic acids is 1. The van der Waals surface area contributed by atoms with E-state index in [4.69, 9.17) is 14.2 Å². The smallest absolute Gasteiger partial charge is 0.316 e. The molecule has 0 radical (unpaired) electrons. The monoisotopic (exact) mass is 366 g/mol. The Morgan fingerprint density at radius 3 is 2.37 bits per heavy atom. The summed E-state index contributed by atoms with van der Waals surface area (Å²) in [5.74, 6) is 1.84. The van der Waals surface area contributed by atoms with E-state index in [1.165, 1.54) is 0 Å². The molecule has 27 heavy (non-hydrogen) atoms. The molecule has 142 valence electrons. The molecule has 1 heterocycles. The van der Waals surface area contributed by atoms with Crippen LogP contribution in [0.15, 0.2) is 60.6 Å². The molecule has 1 aliphatic rings. The molecule has 0 unspecified atom stereocenters. The van der Waals surface area contributed by atoms with Gasteiger partial charge in [0.25, 0.3) is 0 Å². The Morgan fingerprint density at radius 2 is 1.74 bits per heavy atom. The van der Waals surface area contributed by atoms with Gasteiger partial charge in [0.2, 0.25) is 0 Å². The summed E-state index contributed by atoms with van der Waals surface area (Å²) in [7, 11) is 1.65. The summed E-state index contributed by atoms with van der Waals surface area (Å²) in [5, 5.41) is 0. The van der Waals surface area contributed by atoms with Gasteiger partial charge in [0.05, 0.1) is 17.9 Å². The van der Waals surface area contributed by atoms with Crippen LogP contribution in [0.3, 0.4) is 0 Å². The molecule has 0 saturated carbocycles. The number of fused-ring (bicyclic) bond motifs is 1. The lowest BCUT2D eigenvalue weighted by Crippen LogP contribution is -2.35. The van der Waals surface area contributed by atoms with Crippen molar-refractivity contribution in [2.75, 3.05) is 7.11 Å². The first-order valence-corrected chi connectivity index (χ1v) is 9.06. The number of allylic oxidation sites excluding steroid dienone is 1. The molecule has 3 rings (SSSR count). The second kappa shape index (κ2) is 7.10. The second-order valence-electron chi connectivity index (χ2n) is 8.09. The van der Waals surface area contributed by atoms with Gasteiger partial charge in [-0.1, -0.05) is 30.3 Å². The van der Waals surface area contributed by atoms with Crippen molar-refractivity contribution in [3.8, 4) is 11.5 Å². The summed E-state index contributed by atoms with van der Waals surface area (Å²) < 4.78 is 16.8. The van der Waals surface area contributed by atoms with Crippen LogP contribution in [0.4, 0.5) is 0 Å². The van der Waals surface area contributed by atoms with E-state index in [9.17, 15) is 4.79 Å². The second-order valence-corrected chi connectivity index (χ2v) is 8.09. The lowest BCUT2D eigenvalue weighted by molar-refractivity contribution is -0.150. The Bertz CT molecular complexity index is 859. The average molecular weight is 366 g/mol. The zero-order valence-corrected chi connectivity index (χ0v) is 16.5. The number of methoxy groups -OCH3 is 1. The molecular formula is C23H26O4. The molecule has 0 saturated heterocycles. The minimum Gasteiger partial charge on any atom is -0.497 e. The number of hydrogen-bond donors (Lipinski definition) is 0. The maximum absolute atomic E-state index is 12.5. The van der Waals surface area contributed by atoms with Gasteiger partial charge in [-0.3, -0.25) is 4.79 Å². The van der Waals surface area contributed by atoms with Crippen molar-refractivity contribution in [2.24, 2.45) is 5.41 Å². The minimum atomic E-state index is -0.598. The summed E-state index contributed by atoms with van der Waals surface area (Å²) in [4.78, 5) is 12.5. The third kappa shape index (κ3) is 3.85. The third-order valence-electron chi connectivity index (χ3n) is 4.85. The predicted octanol–water partition coefficient (Wildman–Crippen LogP) is 5.02. The number of esters is 1. The number of para-hydroxylation sites is 1. The number of hydrogen-bond acceptors (Lipinski definition) is 4. The van der Waals surface area contributed by atoms with Crippen LogP contribution in [0, 0.1) is 5.41 Å². The van der Waals surface area contributed by atoms with Gasteiger partial charge in [-0.05, 0) is 57.9 Å². The first-order valence-electron chi connectivity index (χ1n) is 9.06. The Kier molecular flexibility index (Phi) is 5.01. The third-order valence-corrected chi connectivity index (χ3v) is 4.85. The minimum absolute atomic E-state index is 0.280. The molecular weight excluding hydrogens is 340 g/mol. The molecule has 0 aliphatic carbocycles. The molecule has 4 nitrogen and oxygen atoms in total. The summed E-state index contributed by atoms with van der Waals surface area (Å²) in [6.45, 7) is 7.61. The van der Waals surface area contributed by atoms with Crippen LogP contribution in [-0.2, 0) is 21.4 Å². The zero-order chi connectivity index (χ0) is 19.7. The highest BCUT2D eigenvalue weighted by Gasteiger charge is 2.41. The normalized spacial score (nSPS) is 18.8. The van der Waals surface area contributed by atoms with E-state index >= 15 is 0 Å². The topological polar surface area (TPSA) is 44.8 Å². The fourth-order valence-corrected chi connectivity index (χ4v) is 3.13.